The minimum absolute atomic E-state index is 0.00514. The minimum Gasteiger partial charge on any atom is -0.435 e. The molecule has 0 saturated carbocycles. The summed E-state index contributed by atoms with van der Waals surface area (Å²) in [6, 6.07) is 9.59. The summed E-state index contributed by atoms with van der Waals surface area (Å²) in [4.78, 5) is 7.24. The molecule has 0 bridgehead atoms. The molecule has 0 aliphatic carbocycles. The highest BCUT2D eigenvalue weighted by atomic mass is 35.5. The van der Waals surface area contributed by atoms with Crippen molar-refractivity contribution in [1.29, 1.82) is 10.5 Å². The molecule has 0 radical (unpaired) electrons. The summed E-state index contributed by atoms with van der Waals surface area (Å²) in [5.74, 6) is -2.32. The molecule has 0 spiro atoms. The van der Waals surface area contributed by atoms with Gasteiger partial charge in [-0.05, 0) is 12.1 Å². The van der Waals surface area contributed by atoms with Gasteiger partial charge in [0.15, 0.2) is 23.0 Å². The number of nitriles is 2. The van der Waals surface area contributed by atoms with Gasteiger partial charge in [0.2, 0.25) is 5.88 Å². The van der Waals surface area contributed by atoms with Gasteiger partial charge in [0.25, 0.3) is 0 Å². The zero-order chi connectivity index (χ0) is 20.5. The topological polar surface area (TPSA) is 87.5 Å². The van der Waals surface area contributed by atoms with Gasteiger partial charge in [-0.2, -0.15) is 23.7 Å². The van der Waals surface area contributed by atoms with Crippen LogP contribution in [0.3, 0.4) is 0 Å². The number of alkyl halides is 3. The van der Waals surface area contributed by atoms with Gasteiger partial charge in [0, 0.05) is 6.20 Å². The molecule has 140 valence electrons. The van der Waals surface area contributed by atoms with Crippen molar-refractivity contribution >= 4 is 11.6 Å². The Morgan fingerprint density at radius 3 is 2.46 bits per heavy atom. The van der Waals surface area contributed by atoms with Crippen LogP contribution in [0.4, 0.5) is 17.6 Å². The SMILES string of the molecule is N#Cc1ncn(-c2ccccc2Oc2ncc(C(F)(F)F)c(F)c2Cl)c1C#N. The Bertz CT molecular complexity index is 1140. The van der Waals surface area contributed by atoms with Gasteiger partial charge < -0.3 is 4.74 Å². The number of para-hydroxylation sites is 2. The van der Waals surface area contributed by atoms with E-state index in [4.69, 9.17) is 21.6 Å². The number of rotatable bonds is 3. The highest BCUT2D eigenvalue weighted by Crippen LogP contribution is 2.38. The molecule has 3 rings (SSSR count). The lowest BCUT2D eigenvalue weighted by atomic mass is 10.2. The van der Waals surface area contributed by atoms with Crippen LogP contribution >= 0.6 is 11.6 Å². The third-order valence-corrected chi connectivity index (χ3v) is 3.87. The van der Waals surface area contributed by atoms with E-state index in [1.54, 1.807) is 12.1 Å². The van der Waals surface area contributed by atoms with E-state index in [-0.39, 0.29) is 29.0 Å². The van der Waals surface area contributed by atoms with Crippen LogP contribution in [0.1, 0.15) is 17.0 Å². The summed E-state index contributed by atoms with van der Waals surface area (Å²) >= 11 is 5.66. The van der Waals surface area contributed by atoms with Crippen LogP contribution in [0, 0.1) is 28.5 Å². The molecule has 0 aliphatic rings. The number of ether oxygens (including phenoxy) is 1. The Labute approximate surface area is 159 Å². The molecule has 6 nitrogen and oxygen atoms in total. The lowest BCUT2D eigenvalue weighted by Crippen LogP contribution is -2.10. The molecule has 0 atom stereocenters. The zero-order valence-corrected chi connectivity index (χ0v) is 14.3. The van der Waals surface area contributed by atoms with Crippen molar-refractivity contribution in [1.82, 2.24) is 14.5 Å². The number of imidazole rings is 1. The predicted octanol–water partition coefficient (Wildman–Crippen LogP) is 4.61. The van der Waals surface area contributed by atoms with Gasteiger partial charge in [-0.25, -0.2) is 14.4 Å². The van der Waals surface area contributed by atoms with Crippen molar-refractivity contribution in [2.75, 3.05) is 0 Å². The van der Waals surface area contributed by atoms with Crippen molar-refractivity contribution in [3.05, 3.63) is 64.6 Å². The van der Waals surface area contributed by atoms with Gasteiger partial charge >= 0.3 is 6.18 Å². The van der Waals surface area contributed by atoms with Gasteiger partial charge in [-0.3, -0.25) is 4.57 Å². The molecule has 1 aromatic carbocycles. The number of hydrogen-bond donors (Lipinski definition) is 0. The monoisotopic (exact) mass is 407 g/mol. The quantitative estimate of drug-likeness (QED) is 0.591. The second kappa shape index (κ2) is 7.18. The molecule has 11 heteroatoms. The largest absolute Gasteiger partial charge is 0.435 e. The van der Waals surface area contributed by atoms with E-state index in [9.17, 15) is 22.8 Å². The zero-order valence-electron chi connectivity index (χ0n) is 13.5. The van der Waals surface area contributed by atoms with Crippen LogP contribution in [-0.2, 0) is 6.18 Å². The highest BCUT2D eigenvalue weighted by molar-refractivity contribution is 6.32. The molecule has 0 unspecified atom stereocenters. The Morgan fingerprint density at radius 2 is 1.82 bits per heavy atom. The smallest absolute Gasteiger partial charge is 0.420 e. The van der Waals surface area contributed by atoms with Gasteiger partial charge in [-0.1, -0.05) is 23.7 Å². The first-order valence-electron chi connectivity index (χ1n) is 7.34. The van der Waals surface area contributed by atoms with Gasteiger partial charge in [-0.15, -0.1) is 0 Å². The molecule has 28 heavy (non-hydrogen) atoms. The molecule has 0 aliphatic heterocycles. The molecule has 2 aromatic heterocycles. The molecule has 0 saturated heterocycles. The normalized spacial score (nSPS) is 11.0. The molecular weight excluding hydrogens is 402 g/mol. The standard InChI is InChI=1S/C17H6ClF4N5O/c18-14-15(19)9(17(20,21)22)7-25-16(14)28-13-4-2-1-3-11(13)27-8-26-10(5-23)12(27)6-24/h1-4,7-8H. The summed E-state index contributed by atoms with van der Waals surface area (Å²) in [6.07, 6.45) is -3.50. The maximum Gasteiger partial charge on any atom is 0.420 e. The van der Waals surface area contributed by atoms with Crippen molar-refractivity contribution in [2.45, 2.75) is 6.18 Å². The second-order valence-electron chi connectivity index (χ2n) is 5.21. The molecule has 3 aromatic rings. The summed E-state index contributed by atoms with van der Waals surface area (Å²) in [5, 5.41) is 17.3. The van der Waals surface area contributed by atoms with Gasteiger partial charge in [0.1, 0.15) is 29.1 Å². The fourth-order valence-electron chi connectivity index (χ4n) is 2.28. The molecule has 2 heterocycles. The van der Waals surface area contributed by atoms with E-state index in [2.05, 4.69) is 9.97 Å². The molecule has 0 fully saturated rings. The van der Waals surface area contributed by atoms with E-state index < -0.39 is 28.5 Å². The average Bonchev–Trinajstić information content (AvgIpc) is 3.07. The molecule has 0 amide bonds. The van der Waals surface area contributed by atoms with E-state index >= 15 is 0 Å². The lowest BCUT2D eigenvalue weighted by molar-refractivity contribution is -0.140. The van der Waals surface area contributed by atoms with Crippen LogP contribution in [0.5, 0.6) is 11.6 Å². The Balaban J connectivity index is 2.08. The number of hydrogen-bond acceptors (Lipinski definition) is 5. The van der Waals surface area contributed by atoms with E-state index in [0.29, 0.717) is 0 Å². The Kier molecular flexibility index (Phi) is 4.91. The van der Waals surface area contributed by atoms with E-state index in [1.165, 1.54) is 29.1 Å². The maximum atomic E-state index is 14.0. The lowest BCUT2D eigenvalue weighted by Gasteiger charge is -2.14. The maximum absolute atomic E-state index is 14.0. The number of nitrogens with zero attached hydrogens (tertiary/aromatic N) is 5. The van der Waals surface area contributed by atoms with E-state index in [1.807, 2.05) is 6.07 Å². The summed E-state index contributed by atoms with van der Waals surface area (Å²) < 4.78 is 58.9. The third kappa shape index (κ3) is 3.33. The fourth-order valence-corrected chi connectivity index (χ4v) is 2.47. The Hall–Kier alpha value is -3.63. The number of pyridine rings is 1. The first kappa shape index (κ1) is 19.1. The van der Waals surface area contributed by atoms with Crippen molar-refractivity contribution in [3.8, 4) is 29.5 Å². The first-order valence-corrected chi connectivity index (χ1v) is 7.71. The van der Waals surface area contributed by atoms with Crippen LogP contribution in [0.2, 0.25) is 5.02 Å². The number of halogens is 5. The van der Waals surface area contributed by atoms with Crippen LogP contribution < -0.4 is 4.74 Å². The minimum atomic E-state index is -4.97. The summed E-state index contributed by atoms with van der Waals surface area (Å²) in [7, 11) is 0. The number of aromatic nitrogens is 3. The fraction of sp³-hybridized carbons (Fsp3) is 0.0588. The molecular formula is C17H6ClF4N5O. The van der Waals surface area contributed by atoms with Crippen molar-refractivity contribution in [3.63, 3.8) is 0 Å². The average molecular weight is 408 g/mol. The summed E-state index contributed by atoms with van der Waals surface area (Å²) in [5.41, 5.74) is -1.63. The second-order valence-corrected chi connectivity index (χ2v) is 5.59. The summed E-state index contributed by atoms with van der Waals surface area (Å²) in [6.45, 7) is 0. The molecule has 0 N–H and O–H groups in total. The van der Waals surface area contributed by atoms with Crippen LogP contribution in [0.25, 0.3) is 5.69 Å². The predicted molar refractivity (Wildman–Crippen MR) is 87.3 cm³/mol. The number of benzene rings is 1. The van der Waals surface area contributed by atoms with Crippen molar-refractivity contribution < 1.29 is 22.3 Å². The van der Waals surface area contributed by atoms with Crippen molar-refractivity contribution in [2.24, 2.45) is 0 Å². The third-order valence-electron chi connectivity index (χ3n) is 3.54. The van der Waals surface area contributed by atoms with E-state index in [0.717, 1.165) is 0 Å². The first-order chi connectivity index (χ1) is 13.3. The van der Waals surface area contributed by atoms with Gasteiger partial charge in [0.05, 0.1) is 5.69 Å². The highest BCUT2D eigenvalue weighted by Gasteiger charge is 2.36. The van der Waals surface area contributed by atoms with Crippen LogP contribution in [-0.4, -0.2) is 14.5 Å². The van der Waals surface area contributed by atoms with Crippen LogP contribution in [0.15, 0.2) is 36.8 Å². The Morgan fingerprint density at radius 1 is 1.11 bits per heavy atom.